The topological polar surface area (TPSA) is 76.5 Å². The van der Waals surface area contributed by atoms with E-state index in [0.717, 1.165) is 0 Å². The highest BCUT2D eigenvalue weighted by Gasteiger charge is 2.06. The molecular formula is C11H9NO4. The molecule has 0 spiro atoms. The number of pyridine rings is 1. The first-order chi connectivity index (χ1) is 7.65. The minimum Gasteiger partial charge on any atom is -0.478 e. The summed E-state index contributed by atoms with van der Waals surface area (Å²) in [5, 5.41) is 8.83. The number of aromatic carboxylic acids is 1. The Kier molecular flexibility index (Phi) is 4.04. The van der Waals surface area contributed by atoms with Gasteiger partial charge < -0.3 is 9.84 Å². The zero-order chi connectivity index (χ0) is 12.0. The van der Waals surface area contributed by atoms with Gasteiger partial charge in [-0.1, -0.05) is 11.8 Å². The maximum absolute atomic E-state index is 10.8. The number of carbonyl (C=O) groups is 2. The van der Waals surface area contributed by atoms with Crippen molar-refractivity contribution >= 4 is 11.9 Å². The number of nitrogens with zero attached hydrogens (tertiary/aromatic N) is 1. The number of carboxylic acid groups (broad SMARTS) is 1. The van der Waals surface area contributed by atoms with Gasteiger partial charge in [-0.3, -0.25) is 9.78 Å². The number of rotatable bonds is 2. The largest absolute Gasteiger partial charge is 0.478 e. The Balaban J connectivity index is 2.88. The van der Waals surface area contributed by atoms with Crippen LogP contribution in [0.25, 0.3) is 0 Å². The molecule has 1 aromatic rings. The fourth-order valence-corrected chi connectivity index (χ4v) is 0.964. The highest BCUT2D eigenvalue weighted by atomic mass is 16.5. The number of hydrogen-bond donors (Lipinski definition) is 1. The summed E-state index contributed by atoms with van der Waals surface area (Å²) in [5.74, 6) is 3.54. The minimum atomic E-state index is -1.08. The third-order valence-electron chi connectivity index (χ3n) is 1.73. The molecule has 0 amide bonds. The second-order valence-electron chi connectivity index (χ2n) is 2.78. The third-order valence-corrected chi connectivity index (χ3v) is 1.73. The smallest absolute Gasteiger partial charge is 0.337 e. The summed E-state index contributed by atoms with van der Waals surface area (Å²) in [6.07, 6.45) is 2.63. The molecule has 0 fully saturated rings. The Morgan fingerprint density at radius 2 is 2.31 bits per heavy atom. The Morgan fingerprint density at radius 3 is 2.94 bits per heavy atom. The van der Waals surface area contributed by atoms with Gasteiger partial charge in [0.2, 0.25) is 0 Å². The number of esters is 1. The number of ether oxygens (including phenoxy) is 1. The summed E-state index contributed by atoms with van der Waals surface area (Å²) in [6.45, 7) is 0. The summed E-state index contributed by atoms with van der Waals surface area (Å²) in [4.78, 5) is 25.3. The van der Waals surface area contributed by atoms with Crippen LogP contribution in [0.2, 0.25) is 0 Å². The summed E-state index contributed by atoms with van der Waals surface area (Å²) in [6, 6.07) is 1.35. The van der Waals surface area contributed by atoms with Crippen molar-refractivity contribution in [1.82, 2.24) is 4.98 Å². The number of hydrogen-bond acceptors (Lipinski definition) is 4. The van der Waals surface area contributed by atoms with Crippen molar-refractivity contribution in [3.8, 4) is 11.8 Å². The summed E-state index contributed by atoms with van der Waals surface area (Å²) >= 11 is 0. The van der Waals surface area contributed by atoms with E-state index >= 15 is 0 Å². The molecule has 0 bridgehead atoms. The van der Waals surface area contributed by atoms with Gasteiger partial charge in [-0.15, -0.1) is 0 Å². The number of aromatic nitrogens is 1. The molecule has 1 aromatic heterocycles. The highest BCUT2D eigenvalue weighted by Crippen LogP contribution is 2.04. The Labute approximate surface area is 92.1 Å². The van der Waals surface area contributed by atoms with E-state index in [9.17, 15) is 9.59 Å². The first-order valence-corrected chi connectivity index (χ1v) is 4.38. The number of carbonyl (C=O) groups excluding carboxylic acids is 1. The molecule has 0 aromatic carbocycles. The van der Waals surface area contributed by atoms with E-state index in [1.165, 1.54) is 25.6 Å². The molecule has 1 N–H and O–H groups in total. The van der Waals surface area contributed by atoms with E-state index in [2.05, 4.69) is 21.6 Å². The molecule has 0 saturated carbocycles. The zero-order valence-electron chi connectivity index (χ0n) is 8.56. The molecule has 82 valence electrons. The maximum atomic E-state index is 10.8. The van der Waals surface area contributed by atoms with Crippen LogP contribution in [0.1, 0.15) is 22.3 Å². The summed E-state index contributed by atoms with van der Waals surface area (Å²) in [5.41, 5.74) is 0.339. The van der Waals surface area contributed by atoms with Crippen LogP contribution in [-0.4, -0.2) is 29.1 Å². The average molecular weight is 219 g/mol. The quantitative estimate of drug-likeness (QED) is 0.585. The maximum Gasteiger partial charge on any atom is 0.337 e. The zero-order valence-corrected chi connectivity index (χ0v) is 8.56. The molecule has 0 aliphatic rings. The lowest BCUT2D eigenvalue weighted by Crippen LogP contribution is -2.01. The molecule has 5 nitrogen and oxygen atoms in total. The standard InChI is InChI=1S/C11H9NO4/c1-16-10(13)4-2-3-8-7-12-6-5-9(8)11(14)15/h5-7H,4H2,1H3,(H,14,15). The number of methoxy groups -OCH3 is 1. The van der Waals surface area contributed by atoms with Crippen LogP contribution in [0.4, 0.5) is 0 Å². The van der Waals surface area contributed by atoms with Gasteiger partial charge in [0.25, 0.3) is 0 Å². The summed E-state index contributed by atoms with van der Waals surface area (Å²) < 4.78 is 4.39. The fraction of sp³-hybridized carbons (Fsp3) is 0.182. The second-order valence-corrected chi connectivity index (χ2v) is 2.78. The molecule has 0 aliphatic heterocycles. The van der Waals surface area contributed by atoms with E-state index in [1.807, 2.05) is 0 Å². The van der Waals surface area contributed by atoms with Crippen molar-refractivity contribution in [3.63, 3.8) is 0 Å². The van der Waals surface area contributed by atoms with Crippen LogP contribution < -0.4 is 0 Å². The van der Waals surface area contributed by atoms with E-state index in [1.54, 1.807) is 0 Å². The van der Waals surface area contributed by atoms with Gasteiger partial charge >= 0.3 is 11.9 Å². The van der Waals surface area contributed by atoms with E-state index in [0.29, 0.717) is 0 Å². The van der Waals surface area contributed by atoms with Crippen molar-refractivity contribution < 1.29 is 19.4 Å². The van der Waals surface area contributed by atoms with Crippen molar-refractivity contribution in [2.75, 3.05) is 7.11 Å². The normalized spacial score (nSPS) is 8.81. The van der Waals surface area contributed by atoms with Gasteiger partial charge in [0.15, 0.2) is 0 Å². The van der Waals surface area contributed by atoms with Crippen molar-refractivity contribution in [2.24, 2.45) is 0 Å². The van der Waals surface area contributed by atoms with Crippen LogP contribution in [0.5, 0.6) is 0 Å². The van der Waals surface area contributed by atoms with Crippen LogP contribution in [0, 0.1) is 11.8 Å². The van der Waals surface area contributed by atoms with Crippen LogP contribution >= 0.6 is 0 Å². The molecule has 0 unspecified atom stereocenters. The van der Waals surface area contributed by atoms with Crippen LogP contribution in [0.15, 0.2) is 18.5 Å². The average Bonchev–Trinajstić information content (AvgIpc) is 2.29. The number of carboxylic acids is 1. The van der Waals surface area contributed by atoms with Gasteiger partial charge in [-0.05, 0) is 6.07 Å². The van der Waals surface area contributed by atoms with Gasteiger partial charge in [0.05, 0.1) is 18.2 Å². The predicted octanol–water partition coefficient (Wildman–Crippen LogP) is 0.694. The van der Waals surface area contributed by atoms with Gasteiger partial charge in [-0.2, -0.15) is 0 Å². The monoisotopic (exact) mass is 219 g/mol. The third kappa shape index (κ3) is 3.10. The molecule has 0 saturated heterocycles. The van der Waals surface area contributed by atoms with Gasteiger partial charge in [0, 0.05) is 12.4 Å². The predicted molar refractivity (Wildman–Crippen MR) is 54.7 cm³/mol. The lowest BCUT2D eigenvalue weighted by Gasteiger charge is -1.96. The van der Waals surface area contributed by atoms with E-state index in [4.69, 9.17) is 5.11 Å². The van der Waals surface area contributed by atoms with E-state index < -0.39 is 11.9 Å². The second kappa shape index (κ2) is 5.51. The molecule has 1 rings (SSSR count). The van der Waals surface area contributed by atoms with Gasteiger partial charge in [0.1, 0.15) is 6.42 Å². The lowest BCUT2D eigenvalue weighted by atomic mass is 10.1. The molecular weight excluding hydrogens is 210 g/mol. The van der Waals surface area contributed by atoms with Crippen molar-refractivity contribution in [1.29, 1.82) is 0 Å². The Morgan fingerprint density at radius 1 is 1.56 bits per heavy atom. The molecule has 0 aliphatic carbocycles. The SMILES string of the molecule is COC(=O)CC#Cc1cnccc1C(=O)O. The van der Waals surface area contributed by atoms with Crippen molar-refractivity contribution in [3.05, 3.63) is 29.6 Å². The Hall–Kier alpha value is -2.35. The molecule has 0 atom stereocenters. The van der Waals surface area contributed by atoms with Crippen LogP contribution in [-0.2, 0) is 9.53 Å². The van der Waals surface area contributed by atoms with Crippen LogP contribution in [0.3, 0.4) is 0 Å². The van der Waals surface area contributed by atoms with Crippen molar-refractivity contribution in [2.45, 2.75) is 6.42 Å². The molecule has 16 heavy (non-hydrogen) atoms. The molecule has 0 radical (unpaired) electrons. The van der Waals surface area contributed by atoms with E-state index in [-0.39, 0.29) is 17.5 Å². The summed E-state index contributed by atoms with van der Waals surface area (Å²) in [7, 11) is 1.26. The van der Waals surface area contributed by atoms with Gasteiger partial charge in [-0.25, -0.2) is 4.79 Å². The lowest BCUT2D eigenvalue weighted by molar-refractivity contribution is -0.139. The molecule has 5 heteroatoms. The molecule has 1 heterocycles. The first kappa shape index (κ1) is 11.7. The minimum absolute atomic E-state index is 0.0624. The Bertz CT molecular complexity index is 470. The highest BCUT2D eigenvalue weighted by molar-refractivity contribution is 5.90. The fourth-order valence-electron chi connectivity index (χ4n) is 0.964. The first-order valence-electron chi connectivity index (χ1n) is 4.38.